The van der Waals surface area contributed by atoms with Crippen molar-refractivity contribution in [3.63, 3.8) is 0 Å². The van der Waals surface area contributed by atoms with Crippen LogP contribution in [0.5, 0.6) is 5.75 Å². The van der Waals surface area contributed by atoms with Crippen LogP contribution in [-0.4, -0.2) is 12.1 Å². The molecule has 0 aliphatic heterocycles. The van der Waals surface area contributed by atoms with Gasteiger partial charge in [0.1, 0.15) is 11.4 Å². The Hall–Kier alpha value is -0.960. The summed E-state index contributed by atoms with van der Waals surface area (Å²) < 4.78 is 5.23. The molecular weight excluding hydrogens is 280 g/mol. The highest BCUT2D eigenvalue weighted by Gasteiger charge is 2.15. The molecule has 0 N–H and O–H groups in total. The SMILES string of the molecule is COc1cccnc1-c1c(Cl)cc(Cl)cc1Cl. The standard InChI is InChI=1S/C12H8Cl3NO/c1-17-10-3-2-4-16-12(10)11-8(14)5-7(13)6-9(11)15/h2-6H,1H3. The minimum absolute atomic E-state index is 0.444. The molecule has 1 heterocycles. The number of halogens is 3. The monoisotopic (exact) mass is 287 g/mol. The fourth-order valence-electron chi connectivity index (χ4n) is 1.51. The van der Waals surface area contributed by atoms with Crippen LogP contribution < -0.4 is 4.74 Å². The molecule has 0 bridgehead atoms. The summed E-state index contributed by atoms with van der Waals surface area (Å²) in [6.45, 7) is 0. The second kappa shape index (κ2) is 5.13. The zero-order chi connectivity index (χ0) is 12.4. The van der Waals surface area contributed by atoms with Crippen molar-refractivity contribution in [2.45, 2.75) is 0 Å². The topological polar surface area (TPSA) is 22.1 Å². The first-order valence-corrected chi connectivity index (χ1v) is 5.91. The number of ether oxygens (including phenoxy) is 1. The molecule has 2 aromatic rings. The quantitative estimate of drug-likeness (QED) is 0.798. The normalized spacial score (nSPS) is 10.4. The molecule has 17 heavy (non-hydrogen) atoms. The summed E-state index contributed by atoms with van der Waals surface area (Å²) in [5.74, 6) is 0.610. The van der Waals surface area contributed by atoms with E-state index in [4.69, 9.17) is 39.5 Å². The lowest BCUT2D eigenvalue weighted by atomic mass is 10.1. The van der Waals surface area contributed by atoms with Crippen LogP contribution in [-0.2, 0) is 0 Å². The summed E-state index contributed by atoms with van der Waals surface area (Å²) in [5.41, 5.74) is 1.22. The van der Waals surface area contributed by atoms with Gasteiger partial charge in [-0.05, 0) is 24.3 Å². The molecule has 0 aliphatic carbocycles. The van der Waals surface area contributed by atoms with E-state index in [0.29, 0.717) is 32.1 Å². The van der Waals surface area contributed by atoms with Crippen LogP contribution in [0.4, 0.5) is 0 Å². The van der Waals surface area contributed by atoms with Crippen molar-refractivity contribution in [3.05, 3.63) is 45.5 Å². The van der Waals surface area contributed by atoms with Crippen molar-refractivity contribution in [3.8, 4) is 17.0 Å². The molecule has 0 radical (unpaired) electrons. The molecular formula is C12H8Cl3NO. The number of nitrogens with zero attached hydrogens (tertiary/aromatic N) is 1. The second-order valence-electron chi connectivity index (χ2n) is 3.30. The molecule has 0 aliphatic rings. The van der Waals surface area contributed by atoms with Gasteiger partial charge in [0.2, 0.25) is 0 Å². The predicted octanol–water partition coefficient (Wildman–Crippen LogP) is 4.72. The van der Waals surface area contributed by atoms with Gasteiger partial charge in [-0.2, -0.15) is 0 Å². The number of methoxy groups -OCH3 is 1. The van der Waals surface area contributed by atoms with Gasteiger partial charge < -0.3 is 4.74 Å². The lowest BCUT2D eigenvalue weighted by Crippen LogP contribution is -1.92. The van der Waals surface area contributed by atoms with Crippen LogP contribution >= 0.6 is 34.8 Å². The van der Waals surface area contributed by atoms with Crippen LogP contribution in [0, 0.1) is 0 Å². The average Bonchev–Trinajstić information content (AvgIpc) is 2.28. The summed E-state index contributed by atoms with van der Waals surface area (Å²) >= 11 is 18.1. The Morgan fingerprint density at radius 3 is 2.35 bits per heavy atom. The highest BCUT2D eigenvalue weighted by atomic mass is 35.5. The number of hydrogen-bond acceptors (Lipinski definition) is 2. The molecule has 1 aromatic heterocycles. The molecule has 0 saturated heterocycles. The molecule has 5 heteroatoms. The maximum Gasteiger partial charge on any atom is 0.145 e. The maximum absolute atomic E-state index is 6.13. The minimum Gasteiger partial charge on any atom is -0.494 e. The van der Waals surface area contributed by atoms with Gasteiger partial charge >= 0.3 is 0 Å². The second-order valence-corrected chi connectivity index (χ2v) is 4.55. The van der Waals surface area contributed by atoms with Gasteiger partial charge in [0, 0.05) is 16.8 Å². The highest BCUT2D eigenvalue weighted by Crippen LogP contribution is 2.39. The molecule has 0 fully saturated rings. The third-order valence-electron chi connectivity index (χ3n) is 2.23. The smallest absolute Gasteiger partial charge is 0.145 e. The van der Waals surface area contributed by atoms with E-state index in [2.05, 4.69) is 4.98 Å². The van der Waals surface area contributed by atoms with E-state index in [-0.39, 0.29) is 0 Å². The first-order chi connectivity index (χ1) is 8.13. The summed E-state index contributed by atoms with van der Waals surface area (Å²) in [6.07, 6.45) is 1.65. The largest absolute Gasteiger partial charge is 0.494 e. The predicted molar refractivity (Wildman–Crippen MR) is 71.3 cm³/mol. The van der Waals surface area contributed by atoms with Gasteiger partial charge in [-0.1, -0.05) is 34.8 Å². The number of pyridine rings is 1. The highest BCUT2D eigenvalue weighted by molar-refractivity contribution is 6.41. The van der Waals surface area contributed by atoms with E-state index in [0.717, 1.165) is 0 Å². The fraction of sp³-hybridized carbons (Fsp3) is 0.0833. The Morgan fingerprint density at radius 2 is 1.76 bits per heavy atom. The van der Waals surface area contributed by atoms with Gasteiger partial charge in [0.05, 0.1) is 17.2 Å². The van der Waals surface area contributed by atoms with E-state index in [9.17, 15) is 0 Å². The van der Waals surface area contributed by atoms with Gasteiger partial charge in [-0.15, -0.1) is 0 Å². The van der Waals surface area contributed by atoms with E-state index < -0.39 is 0 Å². The fourth-order valence-corrected chi connectivity index (χ4v) is 2.51. The van der Waals surface area contributed by atoms with Gasteiger partial charge in [0.15, 0.2) is 0 Å². The number of aromatic nitrogens is 1. The van der Waals surface area contributed by atoms with Crippen LogP contribution in [0.2, 0.25) is 15.1 Å². The lowest BCUT2D eigenvalue weighted by Gasteiger charge is -2.10. The Balaban J connectivity index is 2.68. The zero-order valence-electron chi connectivity index (χ0n) is 8.88. The third-order valence-corrected chi connectivity index (χ3v) is 3.05. The van der Waals surface area contributed by atoms with E-state index in [1.54, 1.807) is 37.6 Å². The Morgan fingerprint density at radius 1 is 1.12 bits per heavy atom. The van der Waals surface area contributed by atoms with Gasteiger partial charge in [-0.25, -0.2) is 0 Å². The summed E-state index contributed by atoms with van der Waals surface area (Å²) in [7, 11) is 1.57. The number of hydrogen-bond donors (Lipinski definition) is 0. The van der Waals surface area contributed by atoms with Crippen LogP contribution in [0.25, 0.3) is 11.3 Å². The van der Waals surface area contributed by atoms with Crippen molar-refractivity contribution in [1.29, 1.82) is 0 Å². The average molecular weight is 289 g/mol. The molecule has 2 nitrogen and oxygen atoms in total. The van der Waals surface area contributed by atoms with Crippen LogP contribution in [0.15, 0.2) is 30.5 Å². The van der Waals surface area contributed by atoms with Gasteiger partial charge in [0.25, 0.3) is 0 Å². The molecule has 0 amide bonds. The number of benzene rings is 1. The zero-order valence-corrected chi connectivity index (χ0v) is 11.1. The van der Waals surface area contributed by atoms with E-state index >= 15 is 0 Å². The molecule has 2 rings (SSSR count). The van der Waals surface area contributed by atoms with Gasteiger partial charge in [-0.3, -0.25) is 4.98 Å². The summed E-state index contributed by atoms with van der Waals surface area (Å²) in [6, 6.07) is 6.82. The van der Waals surface area contributed by atoms with Crippen LogP contribution in [0.3, 0.4) is 0 Å². The maximum atomic E-state index is 6.13. The third kappa shape index (κ3) is 2.49. The number of rotatable bonds is 2. The molecule has 0 spiro atoms. The molecule has 0 unspecified atom stereocenters. The van der Waals surface area contributed by atoms with Crippen molar-refractivity contribution < 1.29 is 4.74 Å². The van der Waals surface area contributed by atoms with Crippen molar-refractivity contribution in [2.75, 3.05) is 7.11 Å². The minimum atomic E-state index is 0.444. The first-order valence-electron chi connectivity index (χ1n) is 4.77. The molecule has 0 saturated carbocycles. The van der Waals surface area contributed by atoms with E-state index in [1.807, 2.05) is 0 Å². The summed E-state index contributed by atoms with van der Waals surface area (Å²) in [4.78, 5) is 4.23. The van der Waals surface area contributed by atoms with Crippen molar-refractivity contribution in [1.82, 2.24) is 4.98 Å². The van der Waals surface area contributed by atoms with E-state index in [1.165, 1.54) is 0 Å². The van der Waals surface area contributed by atoms with Crippen molar-refractivity contribution in [2.24, 2.45) is 0 Å². The molecule has 88 valence electrons. The molecule has 1 aromatic carbocycles. The van der Waals surface area contributed by atoms with Crippen molar-refractivity contribution >= 4 is 34.8 Å². The molecule has 0 atom stereocenters. The Kier molecular flexibility index (Phi) is 3.77. The lowest BCUT2D eigenvalue weighted by molar-refractivity contribution is 0.415. The van der Waals surface area contributed by atoms with Crippen LogP contribution in [0.1, 0.15) is 0 Å². The first kappa shape index (κ1) is 12.5. The summed E-state index contributed by atoms with van der Waals surface area (Å²) in [5, 5.41) is 1.37. The Labute approximate surface area is 114 Å². The Bertz CT molecular complexity index is 534.